The number of hydrogen-bond donors (Lipinski definition) is 1. The molecule has 0 heterocycles. The van der Waals surface area contributed by atoms with E-state index in [1.807, 2.05) is 51.1 Å². The fourth-order valence-electron chi connectivity index (χ4n) is 3.93. The first-order valence-electron chi connectivity index (χ1n) is 12.4. The molecule has 0 radical (unpaired) electrons. The second-order valence-electron chi connectivity index (χ2n) is 10.1. The minimum absolute atomic E-state index is 0.121. The van der Waals surface area contributed by atoms with Crippen LogP contribution in [-0.2, 0) is 22.6 Å². The summed E-state index contributed by atoms with van der Waals surface area (Å²) in [6, 6.07) is 18.9. The summed E-state index contributed by atoms with van der Waals surface area (Å²) in [7, 11) is 3.06. The number of carbonyl (C=O) groups excluding carboxylic acids is 2. The third-order valence-corrected chi connectivity index (χ3v) is 6.53. The van der Waals surface area contributed by atoms with E-state index in [1.165, 1.54) is 19.1 Å². The van der Waals surface area contributed by atoms with E-state index in [0.29, 0.717) is 33.7 Å². The fraction of sp³-hybridized carbons (Fsp3) is 0.333. The summed E-state index contributed by atoms with van der Waals surface area (Å²) in [5.41, 5.74) is 1.14. The largest absolute Gasteiger partial charge is 0.496 e. The zero-order chi connectivity index (χ0) is 28.6. The van der Waals surface area contributed by atoms with E-state index in [1.54, 1.807) is 36.4 Å². The standard InChI is InChI=1S/C30H34Cl2N2O5/c1-30(2,3)33-29(36)27(14-20-9-7-6-8-10-20)34(18-21-11-12-25(31)26(32)13-21)28(35)19-39-24-16-22(37-4)15-23(17-24)38-5/h6-13,15-17,27H,14,18-19H2,1-5H3,(H,33,36)/t27-/m1/s1. The van der Waals surface area contributed by atoms with Gasteiger partial charge in [0.15, 0.2) is 6.61 Å². The second kappa shape index (κ2) is 13.6. The van der Waals surface area contributed by atoms with Gasteiger partial charge in [-0.25, -0.2) is 0 Å². The van der Waals surface area contributed by atoms with Crippen molar-refractivity contribution in [3.05, 3.63) is 87.9 Å². The molecule has 0 aliphatic heterocycles. The molecule has 3 aromatic rings. The highest BCUT2D eigenvalue weighted by Gasteiger charge is 2.32. The molecule has 2 amide bonds. The first kappa shape index (κ1) is 30.1. The number of halogens is 2. The SMILES string of the molecule is COc1cc(OC)cc(OCC(=O)N(Cc2ccc(Cl)c(Cl)c2)[C@H](Cc2ccccc2)C(=O)NC(C)(C)C)c1. The van der Waals surface area contributed by atoms with Gasteiger partial charge in [0, 0.05) is 36.7 Å². The van der Waals surface area contributed by atoms with Gasteiger partial charge in [-0.1, -0.05) is 59.6 Å². The van der Waals surface area contributed by atoms with E-state index < -0.39 is 11.6 Å². The van der Waals surface area contributed by atoms with Crippen LogP contribution >= 0.6 is 23.2 Å². The van der Waals surface area contributed by atoms with E-state index in [2.05, 4.69) is 5.32 Å². The molecular formula is C30H34Cl2N2O5. The van der Waals surface area contributed by atoms with Crippen molar-refractivity contribution >= 4 is 35.0 Å². The molecule has 0 saturated carbocycles. The Hall–Kier alpha value is -3.42. The van der Waals surface area contributed by atoms with E-state index in [9.17, 15) is 9.59 Å². The molecule has 0 unspecified atom stereocenters. The van der Waals surface area contributed by atoms with Crippen molar-refractivity contribution in [3.63, 3.8) is 0 Å². The fourth-order valence-corrected chi connectivity index (χ4v) is 4.25. The van der Waals surface area contributed by atoms with Gasteiger partial charge >= 0.3 is 0 Å². The predicted molar refractivity (Wildman–Crippen MR) is 154 cm³/mol. The van der Waals surface area contributed by atoms with Gasteiger partial charge in [-0.3, -0.25) is 9.59 Å². The zero-order valence-corrected chi connectivity index (χ0v) is 24.3. The van der Waals surface area contributed by atoms with Gasteiger partial charge in [0.2, 0.25) is 5.91 Å². The smallest absolute Gasteiger partial charge is 0.261 e. The van der Waals surface area contributed by atoms with E-state index in [0.717, 1.165) is 11.1 Å². The molecule has 0 bridgehead atoms. The van der Waals surface area contributed by atoms with Crippen LogP contribution in [0.3, 0.4) is 0 Å². The van der Waals surface area contributed by atoms with Crippen molar-refractivity contribution in [2.75, 3.05) is 20.8 Å². The molecule has 3 aromatic carbocycles. The average Bonchev–Trinajstić information content (AvgIpc) is 2.90. The molecule has 0 spiro atoms. The van der Waals surface area contributed by atoms with Crippen molar-refractivity contribution < 1.29 is 23.8 Å². The van der Waals surface area contributed by atoms with Crippen molar-refractivity contribution in [1.82, 2.24) is 10.2 Å². The van der Waals surface area contributed by atoms with Crippen LogP contribution < -0.4 is 19.5 Å². The Kier molecular flexibility index (Phi) is 10.5. The van der Waals surface area contributed by atoms with Crippen LogP contribution in [0.25, 0.3) is 0 Å². The lowest BCUT2D eigenvalue weighted by atomic mass is 10.0. The Morgan fingerprint density at radius 3 is 2.03 bits per heavy atom. The Bertz CT molecular complexity index is 1260. The zero-order valence-electron chi connectivity index (χ0n) is 22.8. The number of nitrogens with zero attached hydrogens (tertiary/aromatic N) is 1. The van der Waals surface area contributed by atoms with E-state index in [-0.39, 0.29) is 25.0 Å². The molecule has 7 nitrogen and oxygen atoms in total. The van der Waals surface area contributed by atoms with Crippen molar-refractivity contribution in [1.29, 1.82) is 0 Å². The highest BCUT2D eigenvalue weighted by atomic mass is 35.5. The maximum absolute atomic E-state index is 13.8. The molecule has 39 heavy (non-hydrogen) atoms. The van der Waals surface area contributed by atoms with Gasteiger partial charge in [0.1, 0.15) is 23.3 Å². The monoisotopic (exact) mass is 572 g/mol. The number of carbonyl (C=O) groups is 2. The Labute approximate surface area is 240 Å². The Balaban J connectivity index is 1.96. The summed E-state index contributed by atoms with van der Waals surface area (Å²) in [4.78, 5) is 28.9. The van der Waals surface area contributed by atoms with Crippen LogP contribution in [0.4, 0.5) is 0 Å². The van der Waals surface area contributed by atoms with Gasteiger partial charge in [0.25, 0.3) is 5.91 Å². The molecule has 3 rings (SSSR count). The number of nitrogens with one attached hydrogen (secondary N) is 1. The number of hydrogen-bond acceptors (Lipinski definition) is 5. The molecule has 1 atom stereocenters. The van der Waals surface area contributed by atoms with Gasteiger partial charge in [0.05, 0.1) is 24.3 Å². The number of amides is 2. The molecule has 0 fully saturated rings. The first-order valence-corrected chi connectivity index (χ1v) is 13.2. The topological polar surface area (TPSA) is 77.1 Å². The summed E-state index contributed by atoms with van der Waals surface area (Å²) in [6.07, 6.45) is 0.308. The van der Waals surface area contributed by atoms with Crippen molar-refractivity contribution in [2.24, 2.45) is 0 Å². The maximum atomic E-state index is 13.8. The molecule has 208 valence electrons. The summed E-state index contributed by atoms with van der Waals surface area (Å²) in [5.74, 6) is 0.787. The quantitative estimate of drug-likeness (QED) is 0.307. The van der Waals surface area contributed by atoms with Gasteiger partial charge < -0.3 is 24.4 Å². The van der Waals surface area contributed by atoms with Crippen LogP contribution in [0.2, 0.25) is 10.0 Å². The Morgan fingerprint density at radius 2 is 1.46 bits per heavy atom. The van der Waals surface area contributed by atoms with Crippen molar-refractivity contribution in [2.45, 2.75) is 45.3 Å². The summed E-state index contributed by atoms with van der Waals surface area (Å²) in [6.45, 7) is 5.50. The molecule has 9 heteroatoms. The lowest BCUT2D eigenvalue weighted by Gasteiger charge is -2.33. The van der Waals surface area contributed by atoms with Crippen molar-refractivity contribution in [3.8, 4) is 17.2 Å². The lowest BCUT2D eigenvalue weighted by molar-refractivity contribution is -0.143. The number of methoxy groups -OCH3 is 2. The average molecular weight is 574 g/mol. The normalized spacial score (nSPS) is 11.9. The molecule has 0 aliphatic rings. The van der Waals surface area contributed by atoms with Gasteiger partial charge in [-0.05, 0) is 44.0 Å². The minimum Gasteiger partial charge on any atom is -0.496 e. The van der Waals surface area contributed by atoms with Crippen LogP contribution in [0.5, 0.6) is 17.2 Å². The summed E-state index contributed by atoms with van der Waals surface area (Å²) >= 11 is 12.4. The minimum atomic E-state index is -0.822. The predicted octanol–water partition coefficient (Wildman–Crippen LogP) is 5.94. The number of rotatable bonds is 11. The molecule has 0 aliphatic carbocycles. The molecule has 0 aromatic heterocycles. The third-order valence-electron chi connectivity index (χ3n) is 5.79. The Morgan fingerprint density at radius 1 is 0.846 bits per heavy atom. The molecular weight excluding hydrogens is 539 g/mol. The van der Waals surface area contributed by atoms with Crippen LogP contribution in [-0.4, -0.2) is 49.1 Å². The molecule has 1 N–H and O–H groups in total. The summed E-state index contributed by atoms with van der Waals surface area (Å²) < 4.78 is 16.5. The van der Waals surface area contributed by atoms with E-state index >= 15 is 0 Å². The number of ether oxygens (including phenoxy) is 3. The lowest BCUT2D eigenvalue weighted by Crippen LogP contribution is -2.55. The third kappa shape index (κ3) is 9.08. The van der Waals surface area contributed by atoms with E-state index in [4.69, 9.17) is 37.4 Å². The van der Waals surface area contributed by atoms with Gasteiger partial charge in [-0.2, -0.15) is 0 Å². The van der Waals surface area contributed by atoms with Crippen LogP contribution in [0, 0.1) is 0 Å². The van der Waals surface area contributed by atoms with Crippen LogP contribution in [0.1, 0.15) is 31.9 Å². The maximum Gasteiger partial charge on any atom is 0.261 e. The van der Waals surface area contributed by atoms with Gasteiger partial charge in [-0.15, -0.1) is 0 Å². The highest BCUT2D eigenvalue weighted by Crippen LogP contribution is 2.28. The molecule has 0 saturated heterocycles. The summed E-state index contributed by atoms with van der Waals surface area (Å²) in [5, 5.41) is 3.80. The van der Waals surface area contributed by atoms with Crippen LogP contribution in [0.15, 0.2) is 66.7 Å². The first-order chi connectivity index (χ1) is 18.5. The highest BCUT2D eigenvalue weighted by molar-refractivity contribution is 6.42. The second-order valence-corrected chi connectivity index (χ2v) is 10.9. The number of benzene rings is 3.